The Bertz CT molecular complexity index is 388. The number of benzene rings is 1. The molecule has 2 aliphatic rings. The van der Waals surface area contributed by atoms with Crippen LogP contribution in [0.15, 0.2) is 24.3 Å². The van der Waals surface area contributed by atoms with Gasteiger partial charge in [-0.05, 0) is 30.9 Å². The molecule has 3 rings (SSSR count). The van der Waals surface area contributed by atoms with Gasteiger partial charge in [0.05, 0.1) is 12.6 Å². The summed E-state index contributed by atoms with van der Waals surface area (Å²) in [5, 5.41) is 0. The maximum absolute atomic E-state index is 6.18. The molecule has 0 spiro atoms. The second-order valence-electron chi connectivity index (χ2n) is 5.02. The molecule has 1 aromatic carbocycles. The quantitative estimate of drug-likeness (QED) is 0.805. The molecule has 1 aromatic rings. The molecule has 3 heteroatoms. The van der Waals surface area contributed by atoms with Crippen LogP contribution in [0.1, 0.15) is 30.9 Å². The molecule has 92 valence electrons. The lowest BCUT2D eigenvalue weighted by Gasteiger charge is -2.41. The molecule has 17 heavy (non-hydrogen) atoms. The second-order valence-corrected chi connectivity index (χ2v) is 5.02. The zero-order valence-electron chi connectivity index (χ0n) is 10.1. The first-order valence-electron chi connectivity index (χ1n) is 6.55. The highest BCUT2D eigenvalue weighted by atomic mass is 16.5. The Labute approximate surface area is 103 Å². The number of rotatable bonds is 1. The van der Waals surface area contributed by atoms with Crippen molar-refractivity contribution in [3.63, 3.8) is 0 Å². The van der Waals surface area contributed by atoms with Crippen molar-refractivity contribution in [3.05, 3.63) is 29.8 Å². The number of ether oxygens (including phenoxy) is 1. The van der Waals surface area contributed by atoms with E-state index in [9.17, 15) is 0 Å². The summed E-state index contributed by atoms with van der Waals surface area (Å²) in [5.74, 6) is 0. The van der Waals surface area contributed by atoms with Crippen molar-refractivity contribution in [2.75, 3.05) is 24.7 Å². The summed E-state index contributed by atoms with van der Waals surface area (Å²) < 4.78 is 5.60. The molecule has 2 heterocycles. The Morgan fingerprint density at radius 2 is 2.12 bits per heavy atom. The molecule has 1 saturated heterocycles. The lowest BCUT2D eigenvalue weighted by Crippen LogP contribution is -2.45. The van der Waals surface area contributed by atoms with Gasteiger partial charge in [-0.3, -0.25) is 0 Å². The van der Waals surface area contributed by atoms with Crippen molar-refractivity contribution < 1.29 is 4.74 Å². The summed E-state index contributed by atoms with van der Waals surface area (Å²) >= 11 is 0. The van der Waals surface area contributed by atoms with E-state index in [0.29, 0.717) is 6.04 Å². The number of fused-ring (bicyclic) bond motifs is 1. The Kier molecular flexibility index (Phi) is 3.04. The van der Waals surface area contributed by atoms with Crippen LogP contribution < -0.4 is 10.6 Å². The summed E-state index contributed by atoms with van der Waals surface area (Å²) in [6.07, 6.45) is 3.46. The van der Waals surface area contributed by atoms with Gasteiger partial charge in [0.2, 0.25) is 0 Å². The molecule has 2 unspecified atom stereocenters. The Balaban J connectivity index is 1.89. The molecule has 0 amide bonds. The zero-order chi connectivity index (χ0) is 11.7. The van der Waals surface area contributed by atoms with E-state index in [1.807, 2.05) is 0 Å². The lowest BCUT2D eigenvalue weighted by atomic mass is 9.94. The molecule has 2 aliphatic heterocycles. The van der Waals surface area contributed by atoms with Crippen LogP contribution in [-0.2, 0) is 4.74 Å². The number of anilines is 1. The number of nitrogens with two attached hydrogens (primary N) is 1. The van der Waals surface area contributed by atoms with Gasteiger partial charge in [0.1, 0.15) is 0 Å². The smallest absolute Gasteiger partial charge is 0.0669 e. The van der Waals surface area contributed by atoms with Gasteiger partial charge in [0, 0.05) is 24.9 Å². The number of hydrogen-bond donors (Lipinski definition) is 1. The van der Waals surface area contributed by atoms with Crippen molar-refractivity contribution >= 4 is 5.69 Å². The van der Waals surface area contributed by atoms with Crippen LogP contribution in [0.3, 0.4) is 0 Å². The van der Waals surface area contributed by atoms with Crippen molar-refractivity contribution in [2.24, 2.45) is 5.73 Å². The monoisotopic (exact) mass is 232 g/mol. The Morgan fingerprint density at radius 1 is 1.24 bits per heavy atom. The van der Waals surface area contributed by atoms with Gasteiger partial charge in [-0.2, -0.15) is 0 Å². The summed E-state index contributed by atoms with van der Waals surface area (Å²) in [7, 11) is 0. The molecule has 0 aliphatic carbocycles. The third-order valence-corrected chi connectivity index (χ3v) is 3.90. The molecular weight excluding hydrogens is 212 g/mol. The van der Waals surface area contributed by atoms with Crippen molar-refractivity contribution in [3.8, 4) is 0 Å². The van der Waals surface area contributed by atoms with Crippen LogP contribution >= 0.6 is 0 Å². The number of hydrogen-bond acceptors (Lipinski definition) is 3. The van der Waals surface area contributed by atoms with Crippen LogP contribution in [0, 0.1) is 0 Å². The highest BCUT2D eigenvalue weighted by molar-refractivity contribution is 5.57. The topological polar surface area (TPSA) is 38.5 Å². The van der Waals surface area contributed by atoms with Crippen molar-refractivity contribution in [1.82, 2.24) is 0 Å². The maximum Gasteiger partial charge on any atom is 0.0669 e. The van der Waals surface area contributed by atoms with E-state index in [1.54, 1.807) is 0 Å². The lowest BCUT2D eigenvalue weighted by molar-refractivity contribution is 0.0786. The van der Waals surface area contributed by atoms with Gasteiger partial charge in [-0.25, -0.2) is 0 Å². The SMILES string of the molecule is NC1CCN(C2CCCOC2)c2ccccc21. The first kappa shape index (κ1) is 11.1. The van der Waals surface area contributed by atoms with Crippen LogP contribution in [0.25, 0.3) is 0 Å². The second kappa shape index (κ2) is 4.67. The Morgan fingerprint density at radius 3 is 2.94 bits per heavy atom. The van der Waals surface area contributed by atoms with E-state index in [2.05, 4.69) is 29.2 Å². The third-order valence-electron chi connectivity index (χ3n) is 3.90. The molecule has 2 N–H and O–H groups in total. The van der Waals surface area contributed by atoms with E-state index in [-0.39, 0.29) is 6.04 Å². The fourth-order valence-corrected chi connectivity index (χ4v) is 2.97. The van der Waals surface area contributed by atoms with E-state index < -0.39 is 0 Å². The van der Waals surface area contributed by atoms with Gasteiger partial charge < -0.3 is 15.4 Å². The minimum absolute atomic E-state index is 0.201. The normalized spacial score (nSPS) is 28.9. The molecule has 0 saturated carbocycles. The zero-order valence-corrected chi connectivity index (χ0v) is 10.1. The van der Waals surface area contributed by atoms with Crippen LogP contribution in [0.4, 0.5) is 5.69 Å². The van der Waals surface area contributed by atoms with Crippen molar-refractivity contribution in [1.29, 1.82) is 0 Å². The first-order chi connectivity index (χ1) is 8.36. The van der Waals surface area contributed by atoms with E-state index >= 15 is 0 Å². The summed E-state index contributed by atoms with van der Waals surface area (Å²) in [4.78, 5) is 2.50. The molecule has 0 radical (unpaired) electrons. The predicted octanol–water partition coefficient (Wildman–Crippen LogP) is 2.08. The van der Waals surface area contributed by atoms with Gasteiger partial charge in [0.15, 0.2) is 0 Å². The predicted molar refractivity (Wildman–Crippen MR) is 69.2 cm³/mol. The van der Waals surface area contributed by atoms with Gasteiger partial charge in [-0.1, -0.05) is 18.2 Å². The number of nitrogens with zero attached hydrogens (tertiary/aromatic N) is 1. The molecule has 2 atom stereocenters. The molecule has 0 aromatic heterocycles. The van der Waals surface area contributed by atoms with E-state index in [0.717, 1.165) is 26.2 Å². The van der Waals surface area contributed by atoms with E-state index in [1.165, 1.54) is 24.1 Å². The minimum Gasteiger partial charge on any atom is -0.379 e. The molecular formula is C14H20N2O. The van der Waals surface area contributed by atoms with Gasteiger partial charge in [0.25, 0.3) is 0 Å². The highest BCUT2D eigenvalue weighted by Crippen LogP contribution is 2.34. The summed E-state index contributed by atoms with van der Waals surface area (Å²) in [6.45, 7) is 2.85. The third kappa shape index (κ3) is 2.05. The fraction of sp³-hybridized carbons (Fsp3) is 0.571. The average molecular weight is 232 g/mol. The summed E-state index contributed by atoms with van der Waals surface area (Å²) in [5.41, 5.74) is 8.80. The maximum atomic E-state index is 6.18. The van der Waals surface area contributed by atoms with Crippen LogP contribution in [0.5, 0.6) is 0 Å². The van der Waals surface area contributed by atoms with Crippen LogP contribution in [-0.4, -0.2) is 25.8 Å². The first-order valence-corrected chi connectivity index (χ1v) is 6.55. The van der Waals surface area contributed by atoms with E-state index in [4.69, 9.17) is 10.5 Å². The standard InChI is InChI=1S/C14H20N2O/c15-13-7-8-16(11-4-3-9-17-10-11)14-6-2-1-5-12(13)14/h1-2,5-6,11,13H,3-4,7-10,15H2. The van der Waals surface area contributed by atoms with Crippen LogP contribution in [0.2, 0.25) is 0 Å². The summed E-state index contributed by atoms with van der Waals surface area (Å²) in [6, 6.07) is 9.29. The van der Waals surface area contributed by atoms with Crippen molar-refractivity contribution in [2.45, 2.75) is 31.3 Å². The highest BCUT2D eigenvalue weighted by Gasteiger charge is 2.28. The van der Waals surface area contributed by atoms with Gasteiger partial charge >= 0.3 is 0 Å². The molecule has 0 bridgehead atoms. The average Bonchev–Trinajstić information content (AvgIpc) is 2.41. The molecule has 3 nitrogen and oxygen atoms in total. The fourth-order valence-electron chi connectivity index (χ4n) is 2.97. The minimum atomic E-state index is 0.201. The largest absolute Gasteiger partial charge is 0.379 e. The number of para-hydroxylation sites is 1. The molecule has 1 fully saturated rings. The Hall–Kier alpha value is -1.06. The van der Waals surface area contributed by atoms with Gasteiger partial charge in [-0.15, -0.1) is 0 Å².